The Bertz CT molecular complexity index is 675. The first kappa shape index (κ1) is 15.6. The molecule has 2 aliphatic heterocycles. The lowest BCUT2D eigenvalue weighted by Crippen LogP contribution is -2.38. The molecule has 0 saturated carbocycles. The highest BCUT2D eigenvalue weighted by Gasteiger charge is 2.52. The summed E-state index contributed by atoms with van der Waals surface area (Å²) in [6.45, 7) is 1.88. The Balaban J connectivity index is 1.73. The largest absolute Gasteiger partial charge is 0.413 e. The van der Waals surface area contributed by atoms with Crippen molar-refractivity contribution in [2.75, 3.05) is 13.1 Å². The summed E-state index contributed by atoms with van der Waals surface area (Å²) in [6, 6.07) is 20.5. The first-order chi connectivity index (χ1) is 11.8. The van der Waals surface area contributed by atoms with Gasteiger partial charge in [0, 0.05) is 24.2 Å². The molecule has 0 aromatic heterocycles. The number of piperidine rings is 1. The third kappa shape index (κ3) is 2.93. The Morgan fingerprint density at radius 3 is 1.62 bits per heavy atom. The monoisotopic (exact) mass is 340 g/mol. The molecule has 4 rings (SSSR count). The Morgan fingerprint density at radius 2 is 1.17 bits per heavy atom. The van der Waals surface area contributed by atoms with E-state index in [1.807, 2.05) is 36.4 Å². The summed E-state index contributed by atoms with van der Waals surface area (Å²) in [5.74, 6) is 0. The third-order valence-electron chi connectivity index (χ3n) is 4.65. The average Bonchev–Trinajstić information content (AvgIpc) is 3.03. The van der Waals surface area contributed by atoms with Gasteiger partial charge < -0.3 is 0 Å². The number of nitrogens with one attached hydrogen (secondary N) is 2. The molecule has 124 valence electrons. The van der Waals surface area contributed by atoms with Gasteiger partial charge in [0.05, 0.1) is 0 Å². The zero-order valence-corrected chi connectivity index (χ0v) is 14.5. The van der Waals surface area contributed by atoms with Gasteiger partial charge in [-0.25, -0.2) is 0 Å². The first-order valence-electron chi connectivity index (χ1n) is 8.55. The lowest BCUT2D eigenvalue weighted by Gasteiger charge is -2.30. The lowest BCUT2D eigenvalue weighted by atomic mass is 10.1. The molecule has 0 radical (unpaired) electrons. The van der Waals surface area contributed by atoms with Gasteiger partial charge in [-0.05, 0) is 12.8 Å². The van der Waals surface area contributed by atoms with Crippen LogP contribution in [0.25, 0.3) is 11.4 Å². The van der Waals surface area contributed by atoms with Crippen molar-refractivity contribution in [2.24, 2.45) is 0 Å². The molecule has 0 unspecified atom stereocenters. The Kier molecular flexibility index (Phi) is 4.28. The van der Waals surface area contributed by atoms with Crippen molar-refractivity contribution in [3.05, 3.63) is 71.8 Å². The zero-order valence-electron chi connectivity index (χ0n) is 13.7. The van der Waals surface area contributed by atoms with Crippen molar-refractivity contribution < 1.29 is 4.89 Å². The van der Waals surface area contributed by atoms with Crippen LogP contribution in [-0.2, 0) is 0 Å². The van der Waals surface area contributed by atoms with Crippen LogP contribution in [0.1, 0.15) is 30.4 Å². The highest BCUT2D eigenvalue weighted by molar-refractivity contribution is 7.65. The Labute approximate surface area is 143 Å². The molecule has 0 aliphatic carbocycles. The normalized spacial score (nSPS) is 20.5. The molecule has 1 saturated heterocycles. The third-order valence-corrected chi connectivity index (χ3v) is 6.94. The number of hydrogen-bond donors (Lipinski definition) is 3. The van der Waals surface area contributed by atoms with Gasteiger partial charge in [-0.2, -0.15) is 15.1 Å². The minimum atomic E-state index is -2.58. The molecule has 5 heteroatoms. The van der Waals surface area contributed by atoms with Crippen LogP contribution in [0, 0.1) is 0 Å². The summed E-state index contributed by atoms with van der Waals surface area (Å²) in [4.78, 5) is 11.4. The molecule has 4 nitrogen and oxygen atoms in total. The van der Waals surface area contributed by atoms with E-state index in [9.17, 15) is 4.89 Å². The number of hydrogen-bond acceptors (Lipinski definition) is 4. The maximum atomic E-state index is 11.4. The molecule has 2 heterocycles. The van der Waals surface area contributed by atoms with Crippen molar-refractivity contribution in [3.8, 4) is 0 Å². The quantitative estimate of drug-likeness (QED) is 0.743. The summed E-state index contributed by atoms with van der Waals surface area (Å²) >= 11 is 0. The highest BCUT2D eigenvalue weighted by Crippen LogP contribution is 2.59. The summed E-state index contributed by atoms with van der Waals surface area (Å²) in [6.07, 6.45) is 3.54. The molecular formula is C19H23N3OP+. The molecule has 3 N–H and O–H groups in total. The lowest BCUT2D eigenvalue weighted by molar-refractivity contribution is 0.323. The molecule has 0 spiro atoms. The van der Waals surface area contributed by atoms with Gasteiger partial charge in [-0.1, -0.05) is 67.1 Å². The van der Waals surface area contributed by atoms with Crippen LogP contribution in [0.2, 0.25) is 0 Å². The Morgan fingerprint density at radius 1 is 0.708 bits per heavy atom. The number of benzene rings is 2. The van der Waals surface area contributed by atoms with E-state index >= 15 is 0 Å². The second-order valence-electron chi connectivity index (χ2n) is 6.32. The Hall–Kier alpha value is -1.87. The van der Waals surface area contributed by atoms with E-state index in [4.69, 9.17) is 0 Å². The van der Waals surface area contributed by atoms with E-state index in [1.54, 1.807) is 0 Å². The van der Waals surface area contributed by atoms with Crippen LogP contribution in [0.15, 0.2) is 60.7 Å². The van der Waals surface area contributed by atoms with Gasteiger partial charge >= 0.3 is 7.94 Å². The summed E-state index contributed by atoms with van der Waals surface area (Å²) in [5.41, 5.74) is 4.17. The molecule has 1 fully saturated rings. The van der Waals surface area contributed by atoms with Gasteiger partial charge in [-0.3, -0.25) is 0 Å². The van der Waals surface area contributed by atoms with Gasteiger partial charge in [0.15, 0.2) is 0 Å². The molecule has 2 aromatic carbocycles. The topological polar surface area (TPSA) is 47.5 Å². The van der Waals surface area contributed by atoms with Crippen LogP contribution in [0.4, 0.5) is 0 Å². The predicted molar refractivity (Wildman–Crippen MR) is 101 cm³/mol. The van der Waals surface area contributed by atoms with Crippen molar-refractivity contribution >= 4 is 19.3 Å². The number of nitrogens with zero attached hydrogens (tertiary/aromatic N) is 1. The molecule has 0 bridgehead atoms. The van der Waals surface area contributed by atoms with Crippen LogP contribution in [0.5, 0.6) is 0 Å². The first-order valence-corrected chi connectivity index (χ1v) is 10.2. The molecule has 2 aliphatic rings. The van der Waals surface area contributed by atoms with Crippen LogP contribution in [-0.4, -0.2) is 22.7 Å². The van der Waals surface area contributed by atoms with E-state index in [0.717, 1.165) is 48.5 Å². The standard InChI is InChI=1S/C19H23N3OP/c23-24(22-14-8-3-9-15-22)20-18(16-10-4-1-5-11-16)19(21-24)17-12-6-2-7-13-17/h1-2,4-7,10-13,20-21,23H,3,8-9,14-15H2/q+1. The molecule has 0 amide bonds. The van der Waals surface area contributed by atoms with Crippen molar-refractivity contribution in [2.45, 2.75) is 19.3 Å². The number of rotatable bonds is 3. The fraction of sp³-hybridized carbons (Fsp3) is 0.263. The molecule has 2 aromatic rings. The van der Waals surface area contributed by atoms with E-state index in [2.05, 4.69) is 39.1 Å². The second-order valence-corrected chi connectivity index (χ2v) is 8.54. The van der Waals surface area contributed by atoms with Gasteiger partial charge in [0.1, 0.15) is 11.4 Å². The van der Waals surface area contributed by atoms with Crippen molar-refractivity contribution in [1.29, 1.82) is 0 Å². The fourth-order valence-electron chi connectivity index (χ4n) is 3.39. The molecule has 0 atom stereocenters. The minimum absolute atomic E-state index is 0.939. The SMILES string of the molecule is O[P+]1(N2CCCCC2)NC(c2ccccc2)=C(c2ccccc2)N1. The van der Waals surface area contributed by atoms with Crippen LogP contribution in [0.3, 0.4) is 0 Å². The van der Waals surface area contributed by atoms with Crippen molar-refractivity contribution in [1.82, 2.24) is 14.8 Å². The maximum absolute atomic E-state index is 11.4. The summed E-state index contributed by atoms with van der Waals surface area (Å²) < 4.78 is 2.20. The molecular weight excluding hydrogens is 317 g/mol. The molecule has 24 heavy (non-hydrogen) atoms. The van der Waals surface area contributed by atoms with Gasteiger partial charge in [0.2, 0.25) is 0 Å². The van der Waals surface area contributed by atoms with Crippen LogP contribution < -0.4 is 10.2 Å². The van der Waals surface area contributed by atoms with E-state index in [0.29, 0.717) is 0 Å². The smallest absolute Gasteiger partial charge is 0.198 e. The maximum Gasteiger partial charge on any atom is 0.413 e. The van der Waals surface area contributed by atoms with Crippen molar-refractivity contribution in [3.63, 3.8) is 0 Å². The zero-order chi connectivity index (χ0) is 16.4. The highest BCUT2D eigenvalue weighted by atomic mass is 31.2. The predicted octanol–water partition coefficient (Wildman–Crippen LogP) is 3.86. The summed E-state index contributed by atoms with van der Waals surface area (Å²) in [7, 11) is -2.58. The van der Waals surface area contributed by atoms with Gasteiger partial charge in [-0.15, -0.1) is 4.67 Å². The second kappa shape index (κ2) is 6.56. The summed E-state index contributed by atoms with van der Waals surface area (Å²) in [5, 5.41) is 6.93. The minimum Gasteiger partial charge on any atom is -0.198 e. The van der Waals surface area contributed by atoms with E-state index in [-0.39, 0.29) is 0 Å². The van der Waals surface area contributed by atoms with E-state index in [1.165, 1.54) is 6.42 Å². The van der Waals surface area contributed by atoms with Crippen LogP contribution >= 0.6 is 7.94 Å². The average molecular weight is 340 g/mol. The van der Waals surface area contributed by atoms with Gasteiger partial charge in [0.25, 0.3) is 0 Å². The fourth-order valence-corrected chi connectivity index (χ4v) is 5.69. The van der Waals surface area contributed by atoms with E-state index < -0.39 is 7.94 Å².